The summed E-state index contributed by atoms with van der Waals surface area (Å²) in [6, 6.07) is 12.1. The van der Waals surface area contributed by atoms with E-state index in [2.05, 4.69) is 40.0 Å². The highest BCUT2D eigenvalue weighted by atomic mass is 32.2. The van der Waals surface area contributed by atoms with E-state index in [-0.39, 0.29) is 0 Å². The lowest BCUT2D eigenvalue weighted by Gasteiger charge is -2.32. The average molecular weight is 345 g/mol. The second kappa shape index (κ2) is 7.37. The number of aromatic nitrogens is 1. The van der Waals surface area contributed by atoms with Gasteiger partial charge >= 0.3 is 0 Å². The molecule has 0 spiro atoms. The normalized spacial score (nSPS) is 19.9. The molecule has 1 aromatic carbocycles. The summed E-state index contributed by atoms with van der Waals surface area (Å²) < 4.78 is 3.94. The molecular formula is C19H24N2S2. The Morgan fingerprint density at radius 2 is 1.52 bits per heavy atom. The van der Waals surface area contributed by atoms with Crippen LogP contribution in [0.4, 0.5) is 0 Å². The van der Waals surface area contributed by atoms with Crippen molar-refractivity contribution in [3.8, 4) is 11.3 Å². The van der Waals surface area contributed by atoms with E-state index in [0.29, 0.717) is 0 Å². The number of thiazole rings is 1. The molecule has 122 valence electrons. The minimum atomic E-state index is 0.771. The summed E-state index contributed by atoms with van der Waals surface area (Å²) in [5.74, 6) is 0. The third-order valence-corrected chi connectivity index (χ3v) is 7.31. The molecule has 0 radical (unpaired) electrons. The Hall–Kier alpha value is -0.840. The van der Waals surface area contributed by atoms with Crippen molar-refractivity contribution in [2.24, 2.45) is 0 Å². The second-order valence-electron chi connectivity index (χ2n) is 6.69. The molecular weight excluding hydrogens is 320 g/mol. The predicted octanol–water partition coefficient (Wildman–Crippen LogP) is 6.00. The molecule has 2 saturated carbocycles. The molecule has 0 aliphatic heterocycles. The highest BCUT2D eigenvalue weighted by Gasteiger charge is 2.32. The van der Waals surface area contributed by atoms with Crippen LogP contribution in [0.15, 0.2) is 40.1 Å². The Morgan fingerprint density at radius 3 is 2.13 bits per heavy atom. The van der Waals surface area contributed by atoms with Crippen LogP contribution in [0.5, 0.6) is 0 Å². The Bertz CT molecular complexity index is 597. The molecule has 0 bridgehead atoms. The van der Waals surface area contributed by atoms with Gasteiger partial charge in [-0.1, -0.05) is 56.0 Å². The van der Waals surface area contributed by atoms with Crippen molar-refractivity contribution in [2.75, 3.05) is 0 Å². The SMILES string of the molecule is c1ccc(-c2csc(SN(C3CCCC3)C3CCCC3)n2)cc1. The van der Waals surface area contributed by atoms with Gasteiger partial charge in [-0.15, -0.1) is 11.3 Å². The van der Waals surface area contributed by atoms with Crippen molar-refractivity contribution in [1.82, 2.24) is 9.29 Å². The fourth-order valence-corrected chi connectivity index (χ4v) is 6.06. The molecule has 23 heavy (non-hydrogen) atoms. The summed E-state index contributed by atoms with van der Waals surface area (Å²) in [5.41, 5.74) is 2.35. The van der Waals surface area contributed by atoms with Crippen LogP contribution in [0.25, 0.3) is 11.3 Å². The summed E-state index contributed by atoms with van der Waals surface area (Å²) in [5, 5.41) is 2.21. The van der Waals surface area contributed by atoms with E-state index in [1.54, 1.807) is 11.3 Å². The Morgan fingerprint density at radius 1 is 0.913 bits per heavy atom. The van der Waals surface area contributed by atoms with Crippen LogP contribution in [-0.4, -0.2) is 21.4 Å². The zero-order valence-electron chi connectivity index (χ0n) is 13.5. The molecule has 2 aromatic rings. The van der Waals surface area contributed by atoms with Gasteiger partial charge in [0, 0.05) is 23.0 Å². The lowest BCUT2D eigenvalue weighted by molar-refractivity contribution is 0.277. The van der Waals surface area contributed by atoms with Crippen LogP contribution >= 0.6 is 23.3 Å². The van der Waals surface area contributed by atoms with Gasteiger partial charge < -0.3 is 0 Å². The van der Waals surface area contributed by atoms with Crippen LogP contribution < -0.4 is 0 Å². The predicted molar refractivity (Wildman–Crippen MR) is 99.8 cm³/mol. The number of hydrogen-bond acceptors (Lipinski definition) is 4. The first kappa shape index (κ1) is 15.7. The van der Waals surface area contributed by atoms with Crippen molar-refractivity contribution >= 4 is 23.3 Å². The van der Waals surface area contributed by atoms with E-state index in [1.807, 2.05) is 11.9 Å². The monoisotopic (exact) mass is 344 g/mol. The van der Waals surface area contributed by atoms with Gasteiger partial charge in [0.15, 0.2) is 4.34 Å². The molecule has 4 heteroatoms. The maximum absolute atomic E-state index is 4.90. The lowest BCUT2D eigenvalue weighted by Crippen LogP contribution is -2.34. The summed E-state index contributed by atoms with van der Waals surface area (Å²) in [4.78, 5) is 4.90. The average Bonchev–Trinajstić information content (AvgIpc) is 3.34. The standard InChI is InChI=1S/C19H24N2S2/c1-2-8-15(9-3-1)18-14-22-19(20-18)23-21(16-10-4-5-11-16)17-12-6-7-13-17/h1-3,8-9,14,16-17H,4-7,10-13H2. The first-order valence-electron chi connectivity index (χ1n) is 8.87. The second-order valence-corrected chi connectivity index (χ2v) is 8.80. The maximum atomic E-state index is 4.90. The first-order chi connectivity index (χ1) is 11.4. The van der Waals surface area contributed by atoms with Gasteiger partial charge in [-0.3, -0.25) is 0 Å². The van der Waals surface area contributed by atoms with Crippen molar-refractivity contribution in [3.05, 3.63) is 35.7 Å². The molecule has 2 nitrogen and oxygen atoms in total. The van der Waals surface area contributed by atoms with Crippen molar-refractivity contribution in [1.29, 1.82) is 0 Å². The molecule has 2 aliphatic carbocycles. The molecule has 0 amide bonds. The van der Waals surface area contributed by atoms with E-state index in [0.717, 1.165) is 17.8 Å². The van der Waals surface area contributed by atoms with E-state index >= 15 is 0 Å². The minimum absolute atomic E-state index is 0.771. The molecule has 0 atom stereocenters. The molecule has 2 fully saturated rings. The van der Waals surface area contributed by atoms with Crippen LogP contribution in [0, 0.1) is 0 Å². The smallest absolute Gasteiger partial charge is 0.165 e. The summed E-state index contributed by atoms with van der Waals surface area (Å²) >= 11 is 3.74. The van der Waals surface area contributed by atoms with Crippen molar-refractivity contribution in [3.63, 3.8) is 0 Å². The van der Waals surface area contributed by atoms with E-state index in [9.17, 15) is 0 Å². The van der Waals surface area contributed by atoms with Gasteiger partial charge in [-0.25, -0.2) is 9.29 Å². The fraction of sp³-hybridized carbons (Fsp3) is 0.526. The van der Waals surface area contributed by atoms with E-state index in [1.165, 1.54) is 61.3 Å². The first-order valence-corrected chi connectivity index (χ1v) is 10.5. The molecule has 1 aromatic heterocycles. The fourth-order valence-electron chi connectivity index (χ4n) is 3.90. The van der Waals surface area contributed by atoms with Crippen LogP contribution in [0.3, 0.4) is 0 Å². The third kappa shape index (κ3) is 3.65. The molecule has 0 saturated heterocycles. The maximum Gasteiger partial charge on any atom is 0.165 e. The lowest BCUT2D eigenvalue weighted by atomic mass is 10.2. The molecule has 0 unspecified atom stereocenters. The van der Waals surface area contributed by atoms with Gasteiger partial charge in [-0.2, -0.15) is 0 Å². The quantitative estimate of drug-likeness (QED) is 0.618. The molecule has 1 heterocycles. The number of nitrogens with zero attached hydrogens (tertiary/aromatic N) is 2. The van der Waals surface area contributed by atoms with E-state index < -0.39 is 0 Å². The summed E-state index contributed by atoms with van der Waals surface area (Å²) in [7, 11) is 0. The van der Waals surface area contributed by atoms with Gasteiger partial charge in [-0.05, 0) is 37.6 Å². The summed E-state index contributed by atoms with van der Waals surface area (Å²) in [6.45, 7) is 0. The van der Waals surface area contributed by atoms with Crippen LogP contribution in [-0.2, 0) is 0 Å². The number of benzene rings is 1. The molecule has 2 aliphatic rings. The van der Waals surface area contributed by atoms with Crippen LogP contribution in [0.2, 0.25) is 0 Å². The van der Waals surface area contributed by atoms with Gasteiger partial charge in [0.05, 0.1) is 5.69 Å². The van der Waals surface area contributed by atoms with Gasteiger partial charge in [0.25, 0.3) is 0 Å². The Balaban J connectivity index is 1.51. The molecule has 0 N–H and O–H groups in total. The Labute approximate surface area is 147 Å². The number of hydrogen-bond donors (Lipinski definition) is 0. The van der Waals surface area contributed by atoms with Crippen LogP contribution in [0.1, 0.15) is 51.4 Å². The largest absolute Gasteiger partial charge is 0.238 e. The highest BCUT2D eigenvalue weighted by molar-refractivity contribution is 7.98. The van der Waals surface area contributed by atoms with Crippen molar-refractivity contribution < 1.29 is 0 Å². The topological polar surface area (TPSA) is 16.1 Å². The van der Waals surface area contributed by atoms with E-state index in [4.69, 9.17) is 4.98 Å². The van der Waals surface area contributed by atoms with Gasteiger partial charge in [0.2, 0.25) is 0 Å². The molecule has 4 rings (SSSR count). The minimum Gasteiger partial charge on any atom is -0.238 e. The number of rotatable bonds is 5. The highest BCUT2D eigenvalue weighted by Crippen LogP contribution is 2.40. The van der Waals surface area contributed by atoms with Crippen molar-refractivity contribution in [2.45, 2.75) is 67.8 Å². The zero-order chi connectivity index (χ0) is 15.5. The zero-order valence-corrected chi connectivity index (χ0v) is 15.1. The Kier molecular flexibility index (Phi) is 5.02. The third-order valence-electron chi connectivity index (χ3n) is 5.11. The van der Waals surface area contributed by atoms with Gasteiger partial charge in [0.1, 0.15) is 0 Å². The summed E-state index contributed by atoms with van der Waals surface area (Å²) in [6.07, 6.45) is 11.1.